The molecule has 3 nitrogen and oxygen atoms in total. The molecule has 0 radical (unpaired) electrons. The number of rotatable bonds is 3. The van der Waals surface area contributed by atoms with Gasteiger partial charge in [-0.05, 0) is 23.8 Å². The molecule has 2 aromatic rings. The molecule has 1 aromatic heterocycles. The van der Waals surface area contributed by atoms with Crippen LogP contribution in [0.15, 0.2) is 48.8 Å². The van der Waals surface area contributed by atoms with Gasteiger partial charge in [0.1, 0.15) is 0 Å². The van der Waals surface area contributed by atoms with Gasteiger partial charge in [0.2, 0.25) is 5.91 Å². The summed E-state index contributed by atoms with van der Waals surface area (Å²) in [5, 5.41) is 0.616. The minimum Gasteiger partial charge on any atom is -0.314 e. The van der Waals surface area contributed by atoms with Crippen LogP contribution in [0.1, 0.15) is 5.56 Å². The quantitative estimate of drug-likeness (QED) is 0.850. The third kappa shape index (κ3) is 2.87. The van der Waals surface area contributed by atoms with Gasteiger partial charge >= 0.3 is 0 Å². The molecule has 0 fully saturated rings. The molecule has 1 amide bonds. The summed E-state index contributed by atoms with van der Waals surface area (Å²) in [5.41, 5.74) is 1.61. The van der Waals surface area contributed by atoms with E-state index in [2.05, 4.69) is 4.98 Å². The summed E-state index contributed by atoms with van der Waals surface area (Å²) in [5.74, 6) is -0.0175. The number of anilines is 1. The zero-order valence-corrected chi connectivity index (χ0v) is 10.8. The molecule has 0 atom stereocenters. The van der Waals surface area contributed by atoms with Crippen LogP contribution in [-0.4, -0.2) is 17.9 Å². The summed E-state index contributed by atoms with van der Waals surface area (Å²) in [6.45, 7) is 0. The van der Waals surface area contributed by atoms with Crippen LogP contribution in [0, 0.1) is 0 Å². The maximum absolute atomic E-state index is 12.1. The fourth-order valence-corrected chi connectivity index (χ4v) is 1.82. The molecule has 1 aromatic carbocycles. The van der Waals surface area contributed by atoms with Crippen molar-refractivity contribution in [2.75, 3.05) is 11.9 Å². The molecule has 0 aliphatic carbocycles. The van der Waals surface area contributed by atoms with Gasteiger partial charge in [0.25, 0.3) is 0 Å². The fraction of sp³-hybridized carbons (Fsp3) is 0.143. The number of carbonyl (C=O) groups is 1. The first kappa shape index (κ1) is 12.6. The molecular weight excluding hydrogens is 248 g/mol. The van der Waals surface area contributed by atoms with Crippen molar-refractivity contribution in [2.45, 2.75) is 6.42 Å². The third-order valence-electron chi connectivity index (χ3n) is 2.71. The lowest BCUT2D eigenvalue weighted by Crippen LogP contribution is -2.27. The predicted octanol–water partition coefficient (Wildman–Crippen LogP) is 2.94. The number of nitrogens with zero attached hydrogens (tertiary/aromatic N) is 2. The molecule has 0 aliphatic rings. The second-order valence-electron chi connectivity index (χ2n) is 3.93. The molecule has 0 N–H and O–H groups in total. The molecule has 1 heterocycles. The van der Waals surface area contributed by atoms with Crippen LogP contribution in [0.3, 0.4) is 0 Å². The average Bonchev–Trinajstić information content (AvgIpc) is 2.41. The van der Waals surface area contributed by atoms with Crippen LogP contribution < -0.4 is 4.90 Å². The zero-order valence-electron chi connectivity index (χ0n) is 10.0. The fourth-order valence-electron chi connectivity index (χ4n) is 1.62. The number of aromatic nitrogens is 1. The first-order valence-electron chi connectivity index (χ1n) is 5.58. The molecule has 0 saturated heterocycles. The van der Waals surface area contributed by atoms with Crippen molar-refractivity contribution < 1.29 is 4.79 Å². The Hall–Kier alpha value is -1.87. The van der Waals surface area contributed by atoms with Crippen molar-refractivity contribution >= 4 is 23.2 Å². The van der Waals surface area contributed by atoms with Crippen LogP contribution >= 0.6 is 11.6 Å². The number of amides is 1. The number of hydrogen-bond donors (Lipinski definition) is 0. The van der Waals surface area contributed by atoms with Crippen LogP contribution in [0.25, 0.3) is 0 Å². The van der Waals surface area contributed by atoms with E-state index in [1.165, 1.54) is 0 Å². The van der Waals surface area contributed by atoms with E-state index >= 15 is 0 Å². The monoisotopic (exact) mass is 260 g/mol. The Kier molecular flexibility index (Phi) is 3.95. The number of benzene rings is 1. The molecule has 0 spiro atoms. The predicted molar refractivity (Wildman–Crippen MR) is 72.8 cm³/mol. The summed E-state index contributed by atoms with van der Waals surface area (Å²) in [4.78, 5) is 17.7. The van der Waals surface area contributed by atoms with Gasteiger partial charge in [-0.25, -0.2) is 0 Å². The van der Waals surface area contributed by atoms with E-state index < -0.39 is 0 Å². The van der Waals surface area contributed by atoms with Crippen LogP contribution in [0.2, 0.25) is 5.02 Å². The average molecular weight is 261 g/mol. The van der Waals surface area contributed by atoms with Gasteiger partial charge in [0, 0.05) is 18.3 Å². The summed E-state index contributed by atoms with van der Waals surface area (Å²) in [7, 11) is 1.73. The van der Waals surface area contributed by atoms with Crippen molar-refractivity contribution in [3.8, 4) is 0 Å². The highest BCUT2D eigenvalue weighted by atomic mass is 35.5. The highest BCUT2D eigenvalue weighted by molar-refractivity contribution is 6.31. The normalized spacial score (nSPS) is 10.1. The lowest BCUT2D eigenvalue weighted by molar-refractivity contribution is -0.117. The van der Waals surface area contributed by atoms with E-state index in [4.69, 9.17) is 11.6 Å². The Balaban J connectivity index is 2.12. The number of likely N-dealkylation sites (N-methyl/N-ethyl adjacent to an activating group) is 1. The summed E-state index contributed by atoms with van der Waals surface area (Å²) >= 11 is 6.04. The number of pyridine rings is 1. The SMILES string of the molecule is CN(C(=O)Cc1ccccc1Cl)c1cccnc1. The van der Waals surface area contributed by atoms with E-state index in [1.807, 2.05) is 24.3 Å². The Morgan fingerprint density at radius 2 is 2.06 bits per heavy atom. The summed E-state index contributed by atoms with van der Waals surface area (Å²) < 4.78 is 0. The first-order chi connectivity index (χ1) is 8.68. The Morgan fingerprint density at radius 3 is 2.72 bits per heavy atom. The number of halogens is 1. The van der Waals surface area contributed by atoms with Gasteiger partial charge in [0.05, 0.1) is 18.3 Å². The largest absolute Gasteiger partial charge is 0.314 e. The van der Waals surface area contributed by atoms with Gasteiger partial charge < -0.3 is 4.90 Å². The lowest BCUT2D eigenvalue weighted by Gasteiger charge is -2.17. The number of carbonyl (C=O) groups excluding carboxylic acids is 1. The van der Waals surface area contributed by atoms with E-state index in [-0.39, 0.29) is 12.3 Å². The molecule has 2 rings (SSSR count). The Bertz CT molecular complexity index is 543. The molecule has 18 heavy (non-hydrogen) atoms. The Labute approximate surface area is 111 Å². The second-order valence-corrected chi connectivity index (χ2v) is 4.34. The van der Waals surface area contributed by atoms with E-state index in [9.17, 15) is 4.79 Å². The van der Waals surface area contributed by atoms with Crippen LogP contribution in [0.4, 0.5) is 5.69 Å². The van der Waals surface area contributed by atoms with E-state index in [0.717, 1.165) is 11.3 Å². The lowest BCUT2D eigenvalue weighted by atomic mass is 10.1. The van der Waals surface area contributed by atoms with Crippen molar-refractivity contribution in [2.24, 2.45) is 0 Å². The summed E-state index contributed by atoms with van der Waals surface area (Å²) in [6.07, 6.45) is 3.62. The van der Waals surface area contributed by atoms with Crippen molar-refractivity contribution in [1.29, 1.82) is 0 Å². The van der Waals surface area contributed by atoms with Crippen molar-refractivity contribution in [1.82, 2.24) is 4.98 Å². The zero-order chi connectivity index (χ0) is 13.0. The molecule has 0 bridgehead atoms. The molecule has 0 saturated carbocycles. The van der Waals surface area contributed by atoms with E-state index in [0.29, 0.717) is 5.02 Å². The van der Waals surface area contributed by atoms with Gasteiger partial charge in [-0.1, -0.05) is 29.8 Å². The summed E-state index contributed by atoms with van der Waals surface area (Å²) in [6, 6.07) is 11.0. The van der Waals surface area contributed by atoms with Crippen LogP contribution in [-0.2, 0) is 11.2 Å². The third-order valence-corrected chi connectivity index (χ3v) is 3.08. The highest BCUT2D eigenvalue weighted by Crippen LogP contribution is 2.17. The topological polar surface area (TPSA) is 33.2 Å². The smallest absolute Gasteiger partial charge is 0.231 e. The highest BCUT2D eigenvalue weighted by Gasteiger charge is 2.12. The number of hydrogen-bond acceptors (Lipinski definition) is 2. The minimum absolute atomic E-state index is 0.0175. The molecule has 0 unspecified atom stereocenters. The molecule has 92 valence electrons. The maximum atomic E-state index is 12.1. The molecular formula is C14H13ClN2O. The van der Waals surface area contributed by atoms with Crippen molar-refractivity contribution in [3.63, 3.8) is 0 Å². The standard InChI is InChI=1S/C14H13ClN2O/c1-17(12-6-4-8-16-10-12)14(18)9-11-5-2-3-7-13(11)15/h2-8,10H,9H2,1H3. The van der Waals surface area contributed by atoms with Gasteiger partial charge in [-0.2, -0.15) is 0 Å². The molecule has 0 aliphatic heterocycles. The maximum Gasteiger partial charge on any atom is 0.231 e. The second kappa shape index (κ2) is 5.65. The molecule has 4 heteroatoms. The van der Waals surface area contributed by atoms with Gasteiger partial charge in [-0.3, -0.25) is 9.78 Å². The minimum atomic E-state index is -0.0175. The van der Waals surface area contributed by atoms with E-state index in [1.54, 1.807) is 36.5 Å². The van der Waals surface area contributed by atoms with Crippen molar-refractivity contribution in [3.05, 3.63) is 59.4 Å². The first-order valence-corrected chi connectivity index (χ1v) is 5.96. The Morgan fingerprint density at radius 1 is 1.28 bits per heavy atom. The van der Waals surface area contributed by atoms with Gasteiger partial charge in [-0.15, -0.1) is 0 Å². The van der Waals surface area contributed by atoms with Gasteiger partial charge in [0.15, 0.2) is 0 Å². The van der Waals surface area contributed by atoms with Crippen LogP contribution in [0.5, 0.6) is 0 Å².